The molecule has 1 aliphatic heterocycles. The number of fused-ring (bicyclic) bond motifs is 1. The molecule has 0 amide bonds. The van der Waals surface area contributed by atoms with Crippen LogP contribution in [0.15, 0.2) is 54.6 Å². The lowest BCUT2D eigenvalue weighted by atomic mass is 9.99. The van der Waals surface area contributed by atoms with Crippen LogP contribution in [0.25, 0.3) is 0 Å². The van der Waals surface area contributed by atoms with Crippen molar-refractivity contribution in [2.45, 2.75) is 24.7 Å². The van der Waals surface area contributed by atoms with E-state index in [4.69, 9.17) is 9.47 Å². The molecular weight excluding hydrogens is 308 g/mol. The van der Waals surface area contributed by atoms with Gasteiger partial charge < -0.3 is 9.47 Å². The fourth-order valence-corrected chi connectivity index (χ4v) is 3.87. The first kappa shape index (κ1) is 15.9. The van der Waals surface area contributed by atoms with Gasteiger partial charge in [0.2, 0.25) is 5.60 Å². The Labute approximate surface area is 141 Å². The SMILES string of the molecule is CCOC(=O)C1(CSCc2ccccc2)Cc2ccccc2O1. The molecule has 0 fully saturated rings. The van der Waals surface area contributed by atoms with Gasteiger partial charge in [-0.2, -0.15) is 11.8 Å². The smallest absolute Gasteiger partial charge is 0.351 e. The highest BCUT2D eigenvalue weighted by atomic mass is 32.2. The predicted molar refractivity (Wildman–Crippen MR) is 92.7 cm³/mol. The van der Waals surface area contributed by atoms with E-state index in [0.29, 0.717) is 18.8 Å². The molecule has 1 heterocycles. The Morgan fingerprint density at radius 2 is 1.91 bits per heavy atom. The average molecular weight is 328 g/mol. The molecule has 4 heteroatoms. The third kappa shape index (κ3) is 3.53. The zero-order valence-corrected chi connectivity index (χ0v) is 14.0. The van der Waals surface area contributed by atoms with E-state index in [1.807, 2.05) is 49.4 Å². The number of rotatable bonds is 6. The molecule has 2 aromatic rings. The number of esters is 1. The highest BCUT2D eigenvalue weighted by molar-refractivity contribution is 7.98. The molecule has 0 aromatic heterocycles. The Hall–Kier alpha value is -1.94. The minimum absolute atomic E-state index is 0.267. The Kier molecular flexibility index (Phi) is 4.91. The molecule has 0 aliphatic carbocycles. The van der Waals surface area contributed by atoms with Crippen LogP contribution in [0.3, 0.4) is 0 Å². The maximum absolute atomic E-state index is 12.5. The van der Waals surface area contributed by atoms with Gasteiger partial charge >= 0.3 is 5.97 Å². The first-order valence-electron chi connectivity index (χ1n) is 7.79. The summed E-state index contributed by atoms with van der Waals surface area (Å²) in [5.74, 6) is 1.95. The van der Waals surface area contributed by atoms with Crippen LogP contribution >= 0.6 is 11.8 Å². The molecule has 0 saturated carbocycles. The van der Waals surface area contributed by atoms with Gasteiger partial charge in [0.25, 0.3) is 0 Å². The van der Waals surface area contributed by atoms with Crippen molar-refractivity contribution in [2.24, 2.45) is 0 Å². The van der Waals surface area contributed by atoms with Crippen LogP contribution < -0.4 is 4.74 Å². The van der Waals surface area contributed by atoms with Gasteiger partial charge in [-0.1, -0.05) is 48.5 Å². The largest absolute Gasteiger partial charge is 0.474 e. The highest BCUT2D eigenvalue weighted by Gasteiger charge is 2.47. The minimum Gasteiger partial charge on any atom is -0.474 e. The Morgan fingerprint density at radius 1 is 1.17 bits per heavy atom. The summed E-state index contributed by atoms with van der Waals surface area (Å²) in [5.41, 5.74) is 1.41. The summed E-state index contributed by atoms with van der Waals surface area (Å²) >= 11 is 1.70. The van der Waals surface area contributed by atoms with Crippen LogP contribution in [-0.2, 0) is 21.7 Å². The molecule has 0 spiro atoms. The van der Waals surface area contributed by atoms with E-state index in [9.17, 15) is 4.79 Å². The van der Waals surface area contributed by atoms with E-state index in [1.165, 1.54) is 5.56 Å². The van der Waals surface area contributed by atoms with E-state index in [0.717, 1.165) is 17.1 Å². The lowest BCUT2D eigenvalue weighted by Gasteiger charge is -2.26. The maximum Gasteiger partial charge on any atom is 0.351 e. The summed E-state index contributed by atoms with van der Waals surface area (Å²) in [7, 11) is 0. The van der Waals surface area contributed by atoms with Gasteiger partial charge in [-0.05, 0) is 24.1 Å². The van der Waals surface area contributed by atoms with Gasteiger partial charge in [-0.25, -0.2) is 4.79 Å². The van der Waals surface area contributed by atoms with E-state index < -0.39 is 5.60 Å². The molecule has 0 radical (unpaired) electrons. The summed E-state index contributed by atoms with van der Waals surface area (Å²) in [6.45, 7) is 2.19. The summed E-state index contributed by atoms with van der Waals surface area (Å²) in [4.78, 5) is 12.5. The number of hydrogen-bond donors (Lipinski definition) is 0. The molecule has 0 saturated heterocycles. The number of hydrogen-bond acceptors (Lipinski definition) is 4. The Balaban J connectivity index is 1.71. The van der Waals surface area contributed by atoms with Crippen LogP contribution in [0.1, 0.15) is 18.1 Å². The number of carbonyl (C=O) groups is 1. The normalized spacial score (nSPS) is 19.0. The van der Waals surface area contributed by atoms with E-state index >= 15 is 0 Å². The Bertz CT molecular complexity index is 644. The van der Waals surface area contributed by atoms with E-state index in [-0.39, 0.29) is 5.97 Å². The first-order chi connectivity index (χ1) is 11.2. The standard InChI is InChI=1S/C19H20O3S/c1-2-21-18(20)19(12-16-10-6-7-11-17(16)22-19)14-23-13-15-8-4-3-5-9-15/h3-11H,2,12-14H2,1H3. The lowest BCUT2D eigenvalue weighted by Crippen LogP contribution is -2.47. The second-order valence-electron chi connectivity index (χ2n) is 5.58. The van der Waals surface area contributed by atoms with Crippen molar-refractivity contribution in [2.75, 3.05) is 12.4 Å². The number of thioether (sulfide) groups is 1. The molecule has 3 rings (SSSR count). The number of carbonyl (C=O) groups excluding carboxylic acids is 1. The van der Waals surface area contributed by atoms with Gasteiger partial charge in [-0.3, -0.25) is 0 Å². The van der Waals surface area contributed by atoms with E-state index in [2.05, 4.69) is 12.1 Å². The number of benzene rings is 2. The monoisotopic (exact) mass is 328 g/mol. The molecule has 0 bridgehead atoms. The van der Waals surface area contributed by atoms with Crippen molar-refractivity contribution in [1.82, 2.24) is 0 Å². The zero-order chi connectivity index (χ0) is 16.1. The minimum atomic E-state index is -0.904. The van der Waals surface area contributed by atoms with Crippen LogP contribution in [-0.4, -0.2) is 23.9 Å². The molecular formula is C19H20O3S. The highest BCUT2D eigenvalue weighted by Crippen LogP contribution is 2.38. The summed E-state index contributed by atoms with van der Waals surface area (Å²) in [6, 6.07) is 18.1. The molecule has 23 heavy (non-hydrogen) atoms. The second-order valence-corrected chi connectivity index (χ2v) is 6.57. The zero-order valence-electron chi connectivity index (χ0n) is 13.2. The summed E-state index contributed by atoms with van der Waals surface area (Å²) in [6.07, 6.45) is 0.573. The molecule has 0 N–H and O–H groups in total. The van der Waals surface area contributed by atoms with Crippen molar-refractivity contribution in [3.8, 4) is 5.75 Å². The molecule has 120 valence electrons. The molecule has 1 aliphatic rings. The fraction of sp³-hybridized carbons (Fsp3) is 0.316. The van der Waals surface area contributed by atoms with Crippen molar-refractivity contribution < 1.29 is 14.3 Å². The van der Waals surface area contributed by atoms with Crippen LogP contribution in [0.2, 0.25) is 0 Å². The van der Waals surface area contributed by atoms with E-state index in [1.54, 1.807) is 11.8 Å². The predicted octanol–water partition coefficient (Wildman–Crippen LogP) is 3.86. The van der Waals surface area contributed by atoms with Crippen molar-refractivity contribution in [3.05, 3.63) is 65.7 Å². The summed E-state index contributed by atoms with van der Waals surface area (Å²) < 4.78 is 11.3. The molecule has 2 aromatic carbocycles. The maximum atomic E-state index is 12.5. The van der Waals surface area contributed by atoms with Crippen molar-refractivity contribution in [1.29, 1.82) is 0 Å². The van der Waals surface area contributed by atoms with Crippen molar-refractivity contribution >= 4 is 17.7 Å². The first-order valence-corrected chi connectivity index (χ1v) is 8.95. The second kappa shape index (κ2) is 7.09. The van der Waals surface area contributed by atoms with Gasteiger partial charge in [0.1, 0.15) is 5.75 Å². The van der Waals surface area contributed by atoms with Gasteiger partial charge in [0.15, 0.2) is 0 Å². The van der Waals surface area contributed by atoms with Crippen LogP contribution in [0.4, 0.5) is 0 Å². The third-order valence-electron chi connectivity index (χ3n) is 3.85. The average Bonchev–Trinajstić information content (AvgIpc) is 2.96. The summed E-state index contributed by atoms with van der Waals surface area (Å²) in [5, 5.41) is 0. The van der Waals surface area contributed by atoms with Crippen LogP contribution in [0.5, 0.6) is 5.75 Å². The number of para-hydroxylation sites is 1. The third-order valence-corrected chi connectivity index (χ3v) is 5.06. The topological polar surface area (TPSA) is 35.5 Å². The van der Waals surface area contributed by atoms with Gasteiger partial charge in [-0.15, -0.1) is 0 Å². The van der Waals surface area contributed by atoms with Gasteiger partial charge in [0, 0.05) is 17.9 Å². The number of ether oxygens (including phenoxy) is 2. The lowest BCUT2D eigenvalue weighted by molar-refractivity contribution is -0.158. The Morgan fingerprint density at radius 3 is 2.65 bits per heavy atom. The molecule has 3 nitrogen and oxygen atoms in total. The molecule has 1 atom stereocenters. The van der Waals surface area contributed by atoms with Crippen LogP contribution in [0, 0.1) is 0 Å². The molecule has 1 unspecified atom stereocenters. The fourth-order valence-electron chi connectivity index (χ4n) is 2.73. The van der Waals surface area contributed by atoms with Crippen molar-refractivity contribution in [3.63, 3.8) is 0 Å². The quantitative estimate of drug-likeness (QED) is 0.755. The van der Waals surface area contributed by atoms with Gasteiger partial charge in [0.05, 0.1) is 6.61 Å².